The summed E-state index contributed by atoms with van der Waals surface area (Å²) in [7, 11) is 0. The van der Waals surface area contributed by atoms with Gasteiger partial charge in [0.1, 0.15) is 5.01 Å². The first-order chi connectivity index (χ1) is 6.30. The number of hydrogen-bond acceptors (Lipinski definition) is 4. The number of aromatic nitrogens is 1. The van der Waals surface area contributed by atoms with Gasteiger partial charge in [-0.05, 0) is 6.42 Å². The first-order valence-corrected chi connectivity index (χ1v) is 5.41. The third-order valence-electron chi connectivity index (χ3n) is 2.52. The zero-order chi connectivity index (χ0) is 9.31. The Labute approximate surface area is 81.9 Å². The van der Waals surface area contributed by atoms with Crippen molar-refractivity contribution in [2.75, 3.05) is 19.8 Å². The number of nitrogens with two attached hydrogens (primary N) is 1. The number of ether oxygens (including phenoxy) is 1. The van der Waals surface area contributed by atoms with Gasteiger partial charge in [0.15, 0.2) is 0 Å². The summed E-state index contributed by atoms with van der Waals surface area (Å²) in [5.41, 5.74) is 6.94. The molecular formula is C9H14N2OS. The van der Waals surface area contributed by atoms with Gasteiger partial charge in [0.2, 0.25) is 0 Å². The van der Waals surface area contributed by atoms with Crippen LogP contribution in [0.3, 0.4) is 0 Å². The quantitative estimate of drug-likeness (QED) is 0.786. The highest BCUT2D eigenvalue weighted by Gasteiger charge is 2.41. The molecule has 1 saturated heterocycles. The summed E-state index contributed by atoms with van der Waals surface area (Å²) in [6.45, 7) is 4.23. The molecule has 4 heteroatoms. The van der Waals surface area contributed by atoms with Gasteiger partial charge >= 0.3 is 0 Å². The summed E-state index contributed by atoms with van der Waals surface area (Å²) < 4.78 is 5.21. The second kappa shape index (κ2) is 3.36. The molecule has 1 aromatic rings. The zero-order valence-corrected chi connectivity index (χ0v) is 8.56. The maximum atomic E-state index is 5.74. The van der Waals surface area contributed by atoms with E-state index in [0.29, 0.717) is 6.54 Å². The number of rotatable bonds is 3. The molecule has 0 atom stereocenters. The van der Waals surface area contributed by atoms with Gasteiger partial charge in [0.05, 0.1) is 24.3 Å². The molecule has 0 bridgehead atoms. The van der Waals surface area contributed by atoms with E-state index in [1.165, 1.54) is 5.69 Å². The monoisotopic (exact) mass is 198 g/mol. The Balaban J connectivity index is 2.23. The van der Waals surface area contributed by atoms with Crippen molar-refractivity contribution < 1.29 is 4.74 Å². The Morgan fingerprint density at radius 2 is 2.46 bits per heavy atom. The van der Waals surface area contributed by atoms with E-state index in [2.05, 4.69) is 17.3 Å². The van der Waals surface area contributed by atoms with E-state index in [-0.39, 0.29) is 5.41 Å². The van der Waals surface area contributed by atoms with Gasteiger partial charge in [-0.15, -0.1) is 11.3 Å². The molecule has 1 fully saturated rings. The average molecular weight is 198 g/mol. The highest BCUT2D eigenvalue weighted by molar-refractivity contribution is 7.09. The van der Waals surface area contributed by atoms with Crippen molar-refractivity contribution in [2.45, 2.75) is 18.8 Å². The molecule has 0 saturated carbocycles. The molecular weight excluding hydrogens is 184 g/mol. The van der Waals surface area contributed by atoms with Crippen LogP contribution in [0.25, 0.3) is 0 Å². The van der Waals surface area contributed by atoms with Crippen molar-refractivity contribution >= 4 is 11.3 Å². The second-order valence-corrected chi connectivity index (χ2v) is 4.33. The molecule has 2 rings (SSSR count). The molecule has 1 aromatic heterocycles. The molecule has 0 aromatic carbocycles. The number of hydrogen-bond donors (Lipinski definition) is 1. The summed E-state index contributed by atoms with van der Waals surface area (Å²) in [6, 6.07) is 0. The molecule has 2 N–H and O–H groups in total. The minimum atomic E-state index is 0.0398. The van der Waals surface area contributed by atoms with Crippen molar-refractivity contribution in [3.8, 4) is 0 Å². The molecule has 2 heterocycles. The van der Waals surface area contributed by atoms with E-state index in [1.54, 1.807) is 11.3 Å². The summed E-state index contributed by atoms with van der Waals surface area (Å²) in [6.07, 6.45) is 0.998. The van der Waals surface area contributed by atoms with Crippen molar-refractivity contribution in [1.82, 2.24) is 4.98 Å². The van der Waals surface area contributed by atoms with Gasteiger partial charge in [-0.25, -0.2) is 4.98 Å². The van der Waals surface area contributed by atoms with Crippen LogP contribution >= 0.6 is 11.3 Å². The van der Waals surface area contributed by atoms with E-state index >= 15 is 0 Å². The third kappa shape index (κ3) is 1.39. The summed E-state index contributed by atoms with van der Waals surface area (Å²) >= 11 is 1.71. The summed E-state index contributed by atoms with van der Waals surface area (Å²) in [4.78, 5) is 4.55. The van der Waals surface area contributed by atoms with Crippen molar-refractivity contribution in [2.24, 2.45) is 5.73 Å². The molecule has 0 spiro atoms. The maximum Gasteiger partial charge on any atom is 0.105 e. The second-order valence-electron chi connectivity index (χ2n) is 3.47. The van der Waals surface area contributed by atoms with Crippen LogP contribution in [0.4, 0.5) is 0 Å². The van der Waals surface area contributed by atoms with E-state index < -0.39 is 0 Å². The van der Waals surface area contributed by atoms with Crippen LogP contribution in [0, 0.1) is 0 Å². The molecule has 0 radical (unpaired) electrons. The van der Waals surface area contributed by atoms with E-state index in [0.717, 1.165) is 24.6 Å². The van der Waals surface area contributed by atoms with Gasteiger partial charge in [-0.1, -0.05) is 6.92 Å². The molecule has 0 unspecified atom stereocenters. The minimum absolute atomic E-state index is 0.0398. The number of aryl methyl sites for hydroxylation is 1. The summed E-state index contributed by atoms with van der Waals surface area (Å²) in [5.74, 6) is 0. The minimum Gasteiger partial charge on any atom is -0.379 e. The van der Waals surface area contributed by atoms with Crippen LogP contribution in [0.1, 0.15) is 17.6 Å². The van der Waals surface area contributed by atoms with Gasteiger partial charge in [-0.2, -0.15) is 0 Å². The number of thiazole rings is 1. The number of nitrogens with zero attached hydrogens (tertiary/aromatic N) is 1. The standard InChI is InChI=1S/C9H14N2OS/c1-2-7-3-13-8(11-7)9(4-10)5-12-6-9/h3H,2,4-6,10H2,1H3. The Bertz CT molecular complexity index is 288. The molecule has 0 aliphatic carbocycles. The molecule has 1 aliphatic heterocycles. The van der Waals surface area contributed by atoms with Crippen molar-refractivity contribution in [3.63, 3.8) is 0 Å². The highest BCUT2D eigenvalue weighted by atomic mass is 32.1. The van der Waals surface area contributed by atoms with Gasteiger partial charge in [0, 0.05) is 11.9 Å². The maximum absolute atomic E-state index is 5.74. The Kier molecular flexibility index (Phi) is 2.36. The first-order valence-electron chi connectivity index (χ1n) is 4.53. The lowest BCUT2D eigenvalue weighted by atomic mass is 9.87. The smallest absolute Gasteiger partial charge is 0.105 e. The van der Waals surface area contributed by atoms with E-state index in [1.807, 2.05) is 0 Å². The first kappa shape index (κ1) is 9.12. The van der Waals surface area contributed by atoms with E-state index in [4.69, 9.17) is 10.5 Å². The van der Waals surface area contributed by atoms with Gasteiger partial charge in [-0.3, -0.25) is 0 Å². The molecule has 3 nitrogen and oxygen atoms in total. The lowest BCUT2D eigenvalue weighted by Gasteiger charge is -2.38. The lowest BCUT2D eigenvalue weighted by Crippen LogP contribution is -2.52. The van der Waals surface area contributed by atoms with Crippen molar-refractivity contribution in [1.29, 1.82) is 0 Å². The molecule has 13 heavy (non-hydrogen) atoms. The van der Waals surface area contributed by atoms with Crippen LogP contribution < -0.4 is 5.73 Å². The van der Waals surface area contributed by atoms with Gasteiger partial charge in [0.25, 0.3) is 0 Å². The Morgan fingerprint density at radius 1 is 1.69 bits per heavy atom. The SMILES string of the molecule is CCc1csc(C2(CN)COC2)n1. The average Bonchev–Trinajstić information content (AvgIpc) is 2.52. The lowest BCUT2D eigenvalue weighted by molar-refractivity contribution is -0.0551. The predicted molar refractivity (Wildman–Crippen MR) is 53.0 cm³/mol. The molecule has 0 amide bonds. The normalized spacial score (nSPS) is 19.8. The van der Waals surface area contributed by atoms with Crippen LogP contribution in [-0.4, -0.2) is 24.7 Å². The fourth-order valence-electron chi connectivity index (χ4n) is 1.39. The fourth-order valence-corrected chi connectivity index (χ4v) is 2.48. The Morgan fingerprint density at radius 3 is 2.85 bits per heavy atom. The third-order valence-corrected chi connectivity index (χ3v) is 3.65. The fraction of sp³-hybridized carbons (Fsp3) is 0.667. The van der Waals surface area contributed by atoms with Crippen LogP contribution in [0.15, 0.2) is 5.38 Å². The van der Waals surface area contributed by atoms with Gasteiger partial charge < -0.3 is 10.5 Å². The topological polar surface area (TPSA) is 48.1 Å². The van der Waals surface area contributed by atoms with E-state index in [9.17, 15) is 0 Å². The van der Waals surface area contributed by atoms with Crippen LogP contribution in [0.2, 0.25) is 0 Å². The summed E-state index contributed by atoms with van der Waals surface area (Å²) in [5, 5.41) is 3.27. The Hall–Kier alpha value is -0.450. The zero-order valence-electron chi connectivity index (χ0n) is 7.75. The van der Waals surface area contributed by atoms with Crippen molar-refractivity contribution in [3.05, 3.63) is 16.1 Å². The largest absolute Gasteiger partial charge is 0.379 e. The van der Waals surface area contributed by atoms with Crippen LogP contribution in [-0.2, 0) is 16.6 Å². The molecule has 72 valence electrons. The van der Waals surface area contributed by atoms with Crippen LogP contribution in [0.5, 0.6) is 0 Å². The molecule has 1 aliphatic rings. The highest BCUT2D eigenvalue weighted by Crippen LogP contribution is 2.33. The predicted octanol–water partition coefficient (Wildman–Crippen LogP) is 0.932.